The van der Waals surface area contributed by atoms with Crippen molar-refractivity contribution in [3.63, 3.8) is 0 Å². The molecule has 0 bridgehead atoms. The number of hydrogen-bond acceptors (Lipinski definition) is 7. The van der Waals surface area contributed by atoms with Crippen LogP contribution >= 0.6 is 0 Å². The molecule has 0 spiro atoms. The van der Waals surface area contributed by atoms with Gasteiger partial charge in [-0.3, -0.25) is 0 Å². The lowest BCUT2D eigenvalue weighted by Crippen LogP contribution is -2.42. The Bertz CT molecular complexity index is 175. The molecule has 0 aliphatic rings. The van der Waals surface area contributed by atoms with E-state index >= 15 is 0 Å². The average molecular weight is 192 g/mol. The number of esters is 2. The van der Waals surface area contributed by atoms with Gasteiger partial charge in [-0.1, -0.05) is 0 Å². The largest absolute Gasteiger partial charge is 0.394 e. The molecule has 6 N–H and O–H groups in total. The number of hydrogen-bond donors (Lipinski definition) is 4. The summed E-state index contributed by atoms with van der Waals surface area (Å²) in [6.07, 6.45) is 0. The van der Waals surface area contributed by atoms with Crippen LogP contribution in [0.15, 0.2) is 0 Å². The summed E-state index contributed by atoms with van der Waals surface area (Å²) in [5.41, 5.74) is 10.1. The zero-order valence-electron chi connectivity index (χ0n) is 6.84. The third kappa shape index (κ3) is 3.95. The number of carbonyl (C=O) groups is 2. The lowest BCUT2D eigenvalue weighted by Gasteiger charge is -2.09. The topological polar surface area (TPSA) is 136 Å². The smallest absolute Gasteiger partial charge is 0.332 e. The summed E-state index contributed by atoms with van der Waals surface area (Å²) in [4.78, 5) is 21.5. The Morgan fingerprint density at radius 3 is 1.62 bits per heavy atom. The molecule has 0 aromatic carbocycles. The highest BCUT2D eigenvalue weighted by atomic mass is 16.6. The molecule has 2 atom stereocenters. The van der Waals surface area contributed by atoms with Crippen molar-refractivity contribution in [2.24, 2.45) is 11.5 Å². The number of rotatable bonds is 4. The van der Waals surface area contributed by atoms with E-state index in [-0.39, 0.29) is 0 Å². The number of aliphatic hydroxyl groups excluding tert-OH is 2. The van der Waals surface area contributed by atoms with E-state index in [2.05, 4.69) is 4.74 Å². The molecule has 0 radical (unpaired) electrons. The minimum atomic E-state index is -1.27. The summed E-state index contributed by atoms with van der Waals surface area (Å²) in [6, 6.07) is -2.54. The van der Waals surface area contributed by atoms with Gasteiger partial charge in [-0.15, -0.1) is 0 Å². The van der Waals surface area contributed by atoms with E-state index in [1.165, 1.54) is 0 Å². The molecule has 0 heterocycles. The van der Waals surface area contributed by atoms with Gasteiger partial charge < -0.3 is 26.4 Å². The zero-order valence-corrected chi connectivity index (χ0v) is 6.84. The second-order valence-corrected chi connectivity index (χ2v) is 2.32. The molecule has 0 rings (SSSR count). The predicted molar refractivity (Wildman–Crippen MR) is 41.2 cm³/mol. The highest BCUT2D eigenvalue weighted by Crippen LogP contribution is 1.89. The molecule has 0 saturated carbocycles. The van der Waals surface area contributed by atoms with Crippen LogP contribution in [0.25, 0.3) is 0 Å². The molecule has 0 unspecified atom stereocenters. The van der Waals surface area contributed by atoms with E-state index in [4.69, 9.17) is 21.7 Å². The lowest BCUT2D eigenvalue weighted by molar-refractivity contribution is -0.162. The highest BCUT2D eigenvalue weighted by molar-refractivity contribution is 5.90. The second-order valence-electron chi connectivity index (χ2n) is 2.32. The summed E-state index contributed by atoms with van der Waals surface area (Å²) >= 11 is 0. The maximum absolute atomic E-state index is 10.7. The van der Waals surface area contributed by atoms with Crippen LogP contribution in [-0.2, 0) is 14.3 Å². The van der Waals surface area contributed by atoms with Crippen molar-refractivity contribution < 1.29 is 24.5 Å². The average Bonchev–Trinajstić information content (AvgIpc) is 2.14. The van der Waals surface area contributed by atoms with Crippen LogP contribution in [0.2, 0.25) is 0 Å². The fourth-order valence-electron chi connectivity index (χ4n) is 0.400. The van der Waals surface area contributed by atoms with Gasteiger partial charge in [-0.25, -0.2) is 9.59 Å². The van der Waals surface area contributed by atoms with E-state index in [0.717, 1.165) is 0 Å². The Labute approximate surface area is 74.3 Å². The molecule has 0 aromatic heterocycles. The van der Waals surface area contributed by atoms with Crippen molar-refractivity contribution >= 4 is 11.9 Å². The number of nitrogens with two attached hydrogens (primary N) is 2. The van der Waals surface area contributed by atoms with Crippen LogP contribution in [-0.4, -0.2) is 47.4 Å². The van der Waals surface area contributed by atoms with Gasteiger partial charge in [-0.2, -0.15) is 0 Å². The first-order valence-corrected chi connectivity index (χ1v) is 3.51. The lowest BCUT2D eigenvalue weighted by atomic mass is 10.3. The van der Waals surface area contributed by atoms with Crippen LogP contribution in [0.4, 0.5) is 0 Å². The van der Waals surface area contributed by atoms with E-state index in [9.17, 15) is 9.59 Å². The maximum atomic E-state index is 10.7. The zero-order chi connectivity index (χ0) is 10.4. The summed E-state index contributed by atoms with van der Waals surface area (Å²) in [6.45, 7) is -1.25. The molecule has 0 amide bonds. The summed E-state index contributed by atoms with van der Waals surface area (Å²) < 4.78 is 4.11. The van der Waals surface area contributed by atoms with Crippen LogP contribution in [0.5, 0.6) is 0 Å². The first kappa shape index (κ1) is 12.0. The molecule has 0 saturated heterocycles. The Morgan fingerprint density at radius 2 is 1.38 bits per heavy atom. The van der Waals surface area contributed by atoms with Crippen molar-refractivity contribution in [1.29, 1.82) is 0 Å². The van der Waals surface area contributed by atoms with E-state index in [1.54, 1.807) is 0 Å². The Hall–Kier alpha value is -1.02. The number of ether oxygens (including phenoxy) is 1. The van der Waals surface area contributed by atoms with Gasteiger partial charge in [0.1, 0.15) is 12.1 Å². The molecule has 0 aromatic rings. The third-order valence-electron chi connectivity index (χ3n) is 1.20. The van der Waals surface area contributed by atoms with E-state index in [0.29, 0.717) is 0 Å². The van der Waals surface area contributed by atoms with Crippen molar-refractivity contribution in [1.82, 2.24) is 0 Å². The van der Waals surface area contributed by atoms with Crippen LogP contribution in [0.1, 0.15) is 0 Å². The molecule has 76 valence electrons. The van der Waals surface area contributed by atoms with Gasteiger partial charge in [0.05, 0.1) is 13.2 Å². The minimum Gasteiger partial charge on any atom is -0.394 e. The SMILES string of the molecule is N[C@@H](CO)C(=O)OC(=O)[C@@H](N)CO. The summed E-state index contributed by atoms with van der Waals surface area (Å²) in [5, 5.41) is 16.8. The normalized spacial score (nSPS) is 14.8. The third-order valence-corrected chi connectivity index (χ3v) is 1.20. The molecule has 13 heavy (non-hydrogen) atoms. The van der Waals surface area contributed by atoms with Crippen LogP contribution in [0.3, 0.4) is 0 Å². The Balaban J connectivity index is 3.99. The highest BCUT2D eigenvalue weighted by Gasteiger charge is 2.21. The Morgan fingerprint density at radius 1 is 1.08 bits per heavy atom. The monoisotopic (exact) mass is 192 g/mol. The van der Waals surface area contributed by atoms with Crippen molar-refractivity contribution in [2.45, 2.75) is 12.1 Å². The van der Waals surface area contributed by atoms with Gasteiger partial charge in [0.25, 0.3) is 0 Å². The summed E-state index contributed by atoms with van der Waals surface area (Å²) in [5.74, 6) is -2.15. The molecule has 7 nitrogen and oxygen atoms in total. The molecule has 7 heteroatoms. The molecule has 0 aliphatic heterocycles. The van der Waals surface area contributed by atoms with E-state index < -0.39 is 37.2 Å². The molecule has 0 aliphatic carbocycles. The molecular formula is C6H12N2O5. The van der Waals surface area contributed by atoms with Crippen LogP contribution < -0.4 is 11.5 Å². The van der Waals surface area contributed by atoms with Crippen LogP contribution in [0, 0.1) is 0 Å². The fraction of sp³-hybridized carbons (Fsp3) is 0.667. The summed E-state index contributed by atoms with van der Waals surface area (Å²) in [7, 11) is 0. The van der Waals surface area contributed by atoms with Gasteiger partial charge >= 0.3 is 11.9 Å². The van der Waals surface area contributed by atoms with E-state index in [1.807, 2.05) is 0 Å². The van der Waals surface area contributed by atoms with Crippen molar-refractivity contribution in [3.8, 4) is 0 Å². The maximum Gasteiger partial charge on any atom is 0.332 e. The minimum absolute atomic E-state index is 0.625. The standard InChI is InChI=1S/C6H12N2O5/c7-3(1-9)5(11)13-6(12)4(8)2-10/h3-4,9-10H,1-2,7-8H2/t3-,4-/m0/s1. The van der Waals surface area contributed by atoms with Gasteiger partial charge in [0.15, 0.2) is 0 Å². The Kier molecular flexibility index (Phi) is 5.16. The number of carbonyl (C=O) groups excluding carboxylic acids is 2. The van der Waals surface area contributed by atoms with Crippen molar-refractivity contribution in [3.05, 3.63) is 0 Å². The second kappa shape index (κ2) is 5.60. The quantitative estimate of drug-likeness (QED) is 0.270. The van der Waals surface area contributed by atoms with Crippen molar-refractivity contribution in [2.75, 3.05) is 13.2 Å². The fourth-order valence-corrected chi connectivity index (χ4v) is 0.400. The number of aliphatic hydroxyl groups is 2. The van der Waals surface area contributed by atoms with Gasteiger partial charge in [0, 0.05) is 0 Å². The molecular weight excluding hydrogens is 180 g/mol. The molecule has 0 fully saturated rings. The van der Waals surface area contributed by atoms with Gasteiger partial charge in [0.2, 0.25) is 0 Å². The predicted octanol–water partition coefficient (Wildman–Crippen LogP) is -3.30. The van der Waals surface area contributed by atoms with Gasteiger partial charge in [-0.05, 0) is 0 Å². The first-order valence-electron chi connectivity index (χ1n) is 3.51. The first-order chi connectivity index (χ1) is 6.02.